The van der Waals surface area contributed by atoms with Crippen LogP contribution in [0.2, 0.25) is 0 Å². The Balaban J connectivity index is 2.44. The minimum absolute atomic E-state index is 0.119. The van der Waals surface area contributed by atoms with Gasteiger partial charge in [-0.2, -0.15) is 9.78 Å². The molecule has 21 heavy (non-hydrogen) atoms. The average molecular weight is 288 g/mol. The number of aromatic nitrogens is 2. The van der Waals surface area contributed by atoms with Crippen LogP contribution in [-0.4, -0.2) is 20.7 Å². The van der Waals surface area contributed by atoms with Crippen LogP contribution in [0.25, 0.3) is 0 Å². The molecule has 0 saturated heterocycles. The zero-order chi connectivity index (χ0) is 15.6. The van der Waals surface area contributed by atoms with Crippen LogP contribution in [0.4, 0.5) is 21.9 Å². The van der Waals surface area contributed by atoms with Crippen LogP contribution in [0.3, 0.4) is 0 Å². The molecule has 1 aromatic heterocycles. The highest BCUT2D eigenvalue weighted by molar-refractivity contribution is 5.76. The van der Waals surface area contributed by atoms with Crippen molar-refractivity contribution in [2.24, 2.45) is 16.0 Å². The molecule has 0 fully saturated rings. The second kappa shape index (κ2) is 5.49. The summed E-state index contributed by atoms with van der Waals surface area (Å²) in [6.45, 7) is 3.25. The number of nitrogens with zero attached hydrogens (tertiary/aromatic N) is 5. The first-order valence-corrected chi connectivity index (χ1v) is 5.93. The van der Waals surface area contributed by atoms with Crippen molar-refractivity contribution >= 4 is 23.1 Å². The van der Waals surface area contributed by atoms with Crippen LogP contribution in [0, 0.1) is 24.0 Å². The zero-order valence-corrected chi connectivity index (χ0v) is 11.3. The molecule has 0 aliphatic carbocycles. The quantitative estimate of drug-likeness (QED) is 0.528. The minimum Gasteiger partial charge on any atom is -0.350 e. The molecule has 9 nitrogen and oxygen atoms in total. The summed E-state index contributed by atoms with van der Waals surface area (Å²) in [6.07, 6.45) is 0. The molecule has 108 valence electrons. The van der Waals surface area contributed by atoms with Crippen LogP contribution in [0.15, 0.2) is 34.5 Å². The van der Waals surface area contributed by atoms with Gasteiger partial charge in [-0.25, -0.2) is 4.79 Å². The third kappa shape index (κ3) is 2.76. The van der Waals surface area contributed by atoms with Gasteiger partial charge in [0.05, 0.1) is 16.3 Å². The smallest absolute Gasteiger partial charge is 0.339 e. The summed E-state index contributed by atoms with van der Waals surface area (Å²) in [4.78, 5) is 21.5. The molecule has 2 rings (SSSR count). The van der Waals surface area contributed by atoms with Crippen LogP contribution in [0.5, 0.6) is 0 Å². The van der Waals surface area contributed by atoms with Gasteiger partial charge >= 0.3 is 6.03 Å². The molecule has 0 bridgehead atoms. The van der Waals surface area contributed by atoms with E-state index in [0.29, 0.717) is 17.1 Å². The van der Waals surface area contributed by atoms with Crippen LogP contribution < -0.4 is 5.73 Å². The molecule has 1 amide bonds. The van der Waals surface area contributed by atoms with Gasteiger partial charge in [0.25, 0.3) is 5.69 Å². The average Bonchev–Trinajstić information content (AvgIpc) is 2.72. The summed E-state index contributed by atoms with van der Waals surface area (Å²) in [5, 5.41) is 22.6. The number of amides is 1. The summed E-state index contributed by atoms with van der Waals surface area (Å²) >= 11 is 0. The van der Waals surface area contributed by atoms with E-state index in [1.54, 1.807) is 26.0 Å². The molecule has 0 radical (unpaired) electrons. The van der Waals surface area contributed by atoms with E-state index in [-0.39, 0.29) is 11.4 Å². The van der Waals surface area contributed by atoms with Crippen molar-refractivity contribution in [1.29, 1.82) is 0 Å². The Hall–Kier alpha value is -3.10. The summed E-state index contributed by atoms with van der Waals surface area (Å²) in [6, 6.07) is 5.24. The number of hydrogen-bond acceptors (Lipinski definition) is 6. The second-order valence-corrected chi connectivity index (χ2v) is 4.22. The number of hydrogen-bond donors (Lipinski definition) is 1. The first-order chi connectivity index (χ1) is 9.91. The van der Waals surface area contributed by atoms with Crippen molar-refractivity contribution in [3.63, 3.8) is 0 Å². The zero-order valence-electron chi connectivity index (χ0n) is 11.3. The lowest BCUT2D eigenvalue weighted by atomic mass is 10.3. The third-order valence-electron chi connectivity index (χ3n) is 2.80. The van der Waals surface area contributed by atoms with Crippen LogP contribution >= 0.6 is 0 Å². The molecule has 0 spiro atoms. The normalized spacial score (nSPS) is 11.0. The van der Waals surface area contributed by atoms with E-state index in [9.17, 15) is 14.9 Å². The fraction of sp³-hybridized carbons (Fsp3) is 0.167. The highest BCUT2D eigenvalue weighted by atomic mass is 16.6. The fourth-order valence-electron chi connectivity index (χ4n) is 1.80. The molecular formula is C12H12N6O3. The third-order valence-corrected chi connectivity index (χ3v) is 2.80. The van der Waals surface area contributed by atoms with Crippen LogP contribution in [0.1, 0.15) is 11.4 Å². The molecule has 2 aromatic rings. The number of benzene rings is 1. The van der Waals surface area contributed by atoms with Gasteiger partial charge in [0.15, 0.2) is 5.69 Å². The number of aryl methyl sites for hydroxylation is 1. The lowest BCUT2D eigenvalue weighted by Gasteiger charge is -1.97. The van der Waals surface area contributed by atoms with Crippen molar-refractivity contribution in [3.8, 4) is 0 Å². The highest BCUT2D eigenvalue weighted by Crippen LogP contribution is 2.30. The number of nitrogens with two attached hydrogens (primary N) is 1. The molecule has 9 heteroatoms. The highest BCUT2D eigenvalue weighted by Gasteiger charge is 2.16. The predicted octanol–water partition coefficient (Wildman–Crippen LogP) is 2.75. The summed E-state index contributed by atoms with van der Waals surface area (Å²) in [5.74, 6) is 0. The molecule has 1 heterocycles. The number of carbonyl (C=O) groups is 1. The number of azo groups is 1. The minimum atomic E-state index is -0.734. The largest absolute Gasteiger partial charge is 0.350 e. The molecular weight excluding hydrogens is 276 g/mol. The van der Waals surface area contributed by atoms with E-state index in [1.807, 2.05) is 0 Å². The van der Waals surface area contributed by atoms with Crippen molar-refractivity contribution in [1.82, 2.24) is 9.78 Å². The molecule has 1 aromatic carbocycles. The van der Waals surface area contributed by atoms with Crippen LogP contribution in [-0.2, 0) is 0 Å². The van der Waals surface area contributed by atoms with Gasteiger partial charge < -0.3 is 5.73 Å². The van der Waals surface area contributed by atoms with Gasteiger partial charge in [-0.05, 0) is 19.9 Å². The SMILES string of the molecule is Cc1nn(C(N)=O)c(C)c1N=Nc1ccccc1[N+](=O)[O-]. The van der Waals surface area contributed by atoms with E-state index >= 15 is 0 Å². The van der Waals surface area contributed by atoms with Gasteiger partial charge in [-0.3, -0.25) is 10.1 Å². The maximum Gasteiger partial charge on any atom is 0.339 e. The Morgan fingerprint density at radius 1 is 1.33 bits per heavy atom. The van der Waals surface area contributed by atoms with E-state index in [0.717, 1.165) is 4.68 Å². The molecule has 0 atom stereocenters. The summed E-state index contributed by atoms with van der Waals surface area (Å²) in [5.41, 5.74) is 6.36. The monoisotopic (exact) mass is 288 g/mol. The van der Waals surface area contributed by atoms with E-state index < -0.39 is 11.0 Å². The number of rotatable bonds is 3. The Kier molecular flexibility index (Phi) is 3.74. The maximum absolute atomic E-state index is 11.2. The van der Waals surface area contributed by atoms with Crippen molar-refractivity contribution in [2.75, 3.05) is 0 Å². The Morgan fingerprint density at radius 2 is 2.00 bits per heavy atom. The van der Waals surface area contributed by atoms with Crippen molar-refractivity contribution < 1.29 is 9.72 Å². The second-order valence-electron chi connectivity index (χ2n) is 4.22. The lowest BCUT2D eigenvalue weighted by molar-refractivity contribution is -0.384. The van der Waals surface area contributed by atoms with Gasteiger partial charge in [0, 0.05) is 6.07 Å². The summed E-state index contributed by atoms with van der Waals surface area (Å²) < 4.78 is 1.00. The number of para-hydroxylation sites is 1. The Morgan fingerprint density at radius 3 is 2.57 bits per heavy atom. The number of nitro benzene ring substituents is 1. The first-order valence-electron chi connectivity index (χ1n) is 5.93. The van der Waals surface area contributed by atoms with E-state index in [4.69, 9.17) is 5.73 Å². The molecule has 0 aliphatic heterocycles. The van der Waals surface area contributed by atoms with Gasteiger partial charge in [0.1, 0.15) is 5.69 Å². The van der Waals surface area contributed by atoms with Crippen molar-refractivity contribution in [2.45, 2.75) is 13.8 Å². The van der Waals surface area contributed by atoms with Crippen molar-refractivity contribution in [3.05, 3.63) is 45.8 Å². The molecule has 2 N–H and O–H groups in total. The molecule has 0 unspecified atom stereocenters. The number of nitro groups is 1. The standard InChI is InChI=1S/C12H12N6O3/c1-7-11(8(2)17(16-7)12(13)19)15-14-9-5-3-4-6-10(9)18(20)21/h3-6H,1-2H3,(H2,13,19). The van der Waals surface area contributed by atoms with E-state index in [1.165, 1.54) is 12.1 Å². The van der Waals surface area contributed by atoms with E-state index in [2.05, 4.69) is 15.3 Å². The Labute approximate surface area is 119 Å². The lowest BCUT2D eigenvalue weighted by Crippen LogP contribution is -2.21. The van der Waals surface area contributed by atoms with Gasteiger partial charge in [-0.15, -0.1) is 10.2 Å². The number of primary amides is 1. The van der Waals surface area contributed by atoms with Gasteiger partial charge in [-0.1, -0.05) is 12.1 Å². The predicted molar refractivity (Wildman–Crippen MR) is 74.0 cm³/mol. The summed E-state index contributed by atoms with van der Waals surface area (Å²) in [7, 11) is 0. The fourth-order valence-corrected chi connectivity index (χ4v) is 1.80. The Bertz CT molecular complexity index is 749. The first kappa shape index (κ1) is 14.3. The molecule has 0 aliphatic rings. The number of carbonyl (C=O) groups excluding carboxylic acids is 1. The molecule has 0 saturated carbocycles. The maximum atomic E-state index is 11.2. The topological polar surface area (TPSA) is 129 Å². The van der Waals surface area contributed by atoms with Gasteiger partial charge in [0.2, 0.25) is 0 Å².